The monoisotopic (exact) mass is 235 g/mol. The summed E-state index contributed by atoms with van der Waals surface area (Å²) < 4.78 is 5.73. The normalized spacial score (nSPS) is 12.1. The number of aryl methyl sites for hydroxylation is 2. The molecule has 1 rings (SSSR count). The van der Waals surface area contributed by atoms with E-state index in [1.165, 1.54) is 11.1 Å². The van der Waals surface area contributed by atoms with Gasteiger partial charge in [-0.2, -0.15) is 0 Å². The van der Waals surface area contributed by atoms with E-state index in [4.69, 9.17) is 4.74 Å². The molecule has 3 nitrogen and oxygen atoms in total. The number of rotatable bonds is 4. The first-order valence-electron chi connectivity index (χ1n) is 5.90. The van der Waals surface area contributed by atoms with Gasteiger partial charge in [-0.25, -0.2) is 0 Å². The molecular weight excluding hydrogens is 214 g/mol. The molecule has 0 fully saturated rings. The van der Waals surface area contributed by atoms with E-state index < -0.39 is 6.10 Å². The van der Waals surface area contributed by atoms with E-state index in [-0.39, 0.29) is 5.91 Å². The van der Waals surface area contributed by atoms with Gasteiger partial charge in [0.05, 0.1) is 0 Å². The summed E-state index contributed by atoms with van der Waals surface area (Å²) in [4.78, 5) is 13.4. The Balaban J connectivity index is 2.80. The maximum Gasteiger partial charge on any atom is 0.263 e. The third-order valence-corrected chi connectivity index (χ3v) is 2.84. The third-order valence-electron chi connectivity index (χ3n) is 2.84. The highest BCUT2D eigenvalue weighted by atomic mass is 16.5. The van der Waals surface area contributed by atoms with Crippen LogP contribution in [0.3, 0.4) is 0 Å². The smallest absolute Gasteiger partial charge is 0.263 e. The number of nitrogens with zero attached hydrogens (tertiary/aromatic N) is 1. The van der Waals surface area contributed by atoms with Gasteiger partial charge in [0.1, 0.15) is 5.75 Å². The summed E-state index contributed by atoms with van der Waals surface area (Å²) in [6, 6.07) is 5.90. The minimum atomic E-state index is -0.396. The molecule has 1 aromatic carbocycles. The molecule has 0 spiro atoms. The highest BCUT2D eigenvalue weighted by Gasteiger charge is 2.19. The fraction of sp³-hybridized carbons (Fsp3) is 0.500. The lowest BCUT2D eigenvalue weighted by molar-refractivity contribution is -0.136. The molecule has 0 aromatic heterocycles. The van der Waals surface area contributed by atoms with E-state index >= 15 is 0 Å². The van der Waals surface area contributed by atoms with Crippen LogP contribution >= 0.6 is 0 Å². The molecule has 1 aromatic rings. The number of likely N-dealkylation sites (N-methyl/N-ethyl adjacent to an activating group) is 1. The van der Waals surface area contributed by atoms with Gasteiger partial charge in [-0.3, -0.25) is 4.79 Å². The summed E-state index contributed by atoms with van der Waals surface area (Å²) in [6.45, 7) is 6.05. The van der Waals surface area contributed by atoms with E-state index in [2.05, 4.69) is 6.92 Å². The molecule has 0 aliphatic rings. The Hall–Kier alpha value is -1.51. The van der Waals surface area contributed by atoms with Crippen molar-refractivity contribution in [2.24, 2.45) is 0 Å². The standard InChI is InChI=1S/C14H21NO2/c1-6-13(14(16)15(4)5)17-12-8-7-10(2)11(3)9-12/h7-9,13H,6H2,1-5H3/t13-/m1/s1. The van der Waals surface area contributed by atoms with Crippen molar-refractivity contribution in [2.45, 2.75) is 33.3 Å². The fourth-order valence-corrected chi connectivity index (χ4v) is 1.55. The predicted molar refractivity (Wildman–Crippen MR) is 69.3 cm³/mol. The van der Waals surface area contributed by atoms with Crippen molar-refractivity contribution >= 4 is 5.91 Å². The van der Waals surface area contributed by atoms with Gasteiger partial charge >= 0.3 is 0 Å². The molecule has 0 aliphatic heterocycles. The van der Waals surface area contributed by atoms with Crippen LogP contribution in [0.2, 0.25) is 0 Å². The SMILES string of the molecule is CC[C@@H](Oc1ccc(C)c(C)c1)C(=O)N(C)C. The highest BCUT2D eigenvalue weighted by molar-refractivity contribution is 5.80. The van der Waals surface area contributed by atoms with E-state index in [0.29, 0.717) is 6.42 Å². The van der Waals surface area contributed by atoms with Crippen molar-refractivity contribution < 1.29 is 9.53 Å². The van der Waals surface area contributed by atoms with Crippen LogP contribution in [0.15, 0.2) is 18.2 Å². The number of ether oxygens (including phenoxy) is 1. The third kappa shape index (κ3) is 3.48. The first-order valence-corrected chi connectivity index (χ1v) is 5.90. The Morgan fingerprint density at radius 2 is 1.94 bits per heavy atom. The van der Waals surface area contributed by atoms with Crippen molar-refractivity contribution in [1.82, 2.24) is 4.90 Å². The molecule has 0 bridgehead atoms. The van der Waals surface area contributed by atoms with Gasteiger partial charge in [0.15, 0.2) is 6.10 Å². The Kier molecular flexibility index (Phi) is 4.55. The second kappa shape index (κ2) is 5.71. The van der Waals surface area contributed by atoms with E-state index in [0.717, 1.165) is 5.75 Å². The van der Waals surface area contributed by atoms with Crippen LogP contribution < -0.4 is 4.74 Å². The van der Waals surface area contributed by atoms with Crippen LogP contribution in [0.1, 0.15) is 24.5 Å². The van der Waals surface area contributed by atoms with Gasteiger partial charge in [-0.15, -0.1) is 0 Å². The zero-order valence-corrected chi connectivity index (χ0v) is 11.3. The number of carbonyl (C=O) groups is 1. The molecule has 17 heavy (non-hydrogen) atoms. The molecule has 0 unspecified atom stereocenters. The maximum atomic E-state index is 11.8. The van der Waals surface area contributed by atoms with Crippen LogP contribution in [-0.2, 0) is 4.79 Å². The van der Waals surface area contributed by atoms with Gasteiger partial charge in [-0.1, -0.05) is 13.0 Å². The maximum absolute atomic E-state index is 11.8. The summed E-state index contributed by atoms with van der Waals surface area (Å²) in [6.07, 6.45) is 0.274. The number of hydrogen-bond donors (Lipinski definition) is 0. The van der Waals surface area contributed by atoms with Crippen molar-refractivity contribution in [3.8, 4) is 5.75 Å². The molecule has 0 saturated heterocycles. The van der Waals surface area contributed by atoms with Crippen LogP contribution in [0.5, 0.6) is 5.75 Å². The summed E-state index contributed by atoms with van der Waals surface area (Å²) in [7, 11) is 3.49. The zero-order chi connectivity index (χ0) is 13.0. The predicted octanol–water partition coefficient (Wildman–Crippen LogP) is 2.55. The van der Waals surface area contributed by atoms with Crippen molar-refractivity contribution in [3.05, 3.63) is 29.3 Å². The average Bonchev–Trinajstić information content (AvgIpc) is 2.29. The van der Waals surface area contributed by atoms with Crippen molar-refractivity contribution in [1.29, 1.82) is 0 Å². The Labute approximate surface area is 103 Å². The fourth-order valence-electron chi connectivity index (χ4n) is 1.55. The Bertz CT molecular complexity index is 399. The van der Waals surface area contributed by atoms with Crippen LogP contribution in [-0.4, -0.2) is 31.0 Å². The molecule has 0 saturated carbocycles. The summed E-state index contributed by atoms with van der Waals surface area (Å²) in [5, 5.41) is 0. The molecule has 0 aliphatic carbocycles. The lowest BCUT2D eigenvalue weighted by Crippen LogP contribution is -2.37. The number of hydrogen-bond acceptors (Lipinski definition) is 2. The Morgan fingerprint density at radius 3 is 2.41 bits per heavy atom. The molecule has 0 heterocycles. The minimum absolute atomic E-state index is 0.00530. The van der Waals surface area contributed by atoms with Gasteiger partial charge < -0.3 is 9.64 Å². The first-order chi connectivity index (χ1) is 7.95. The summed E-state index contributed by atoms with van der Waals surface area (Å²) in [5.74, 6) is 0.765. The van der Waals surface area contributed by atoms with Gasteiger partial charge in [0, 0.05) is 14.1 Å². The van der Waals surface area contributed by atoms with Gasteiger partial charge in [0.25, 0.3) is 5.91 Å². The number of benzene rings is 1. The molecule has 0 radical (unpaired) electrons. The first kappa shape index (κ1) is 13.6. The molecule has 3 heteroatoms. The summed E-state index contributed by atoms with van der Waals surface area (Å²) >= 11 is 0. The van der Waals surface area contributed by atoms with Gasteiger partial charge in [-0.05, 0) is 43.5 Å². The second-order valence-corrected chi connectivity index (χ2v) is 4.49. The van der Waals surface area contributed by atoms with E-state index in [9.17, 15) is 4.79 Å². The lowest BCUT2D eigenvalue weighted by atomic mass is 10.1. The second-order valence-electron chi connectivity index (χ2n) is 4.49. The largest absolute Gasteiger partial charge is 0.481 e. The van der Waals surface area contributed by atoms with Crippen LogP contribution in [0, 0.1) is 13.8 Å². The quantitative estimate of drug-likeness (QED) is 0.802. The number of amides is 1. The molecule has 94 valence electrons. The molecule has 1 atom stereocenters. The van der Waals surface area contributed by atoms with Crippen molar-refractivity contribution in [2.75, 3.05) is 14.1 Å². The summed E-state index contributed by atoms with van der Waals surface area (Å²) in [5.41, 5.74) is 2.40. The molecular formula is C14H21NO2. The lowest BCUT2D eigenvalue weighted by Gasteiger charge is -2.21. The Morgan fingerprint density at radius 1 is 1.29 bits per heavy atom. The molecule has 1 amide bonds. The van der Waals surface area contributed by atoms with Crippen LogP contribution in [0.25, 0.3) is 0 Å². The molecule has 0 N–H and O–H groups in total. The van der Waals surface area contributed by atoms with Crippen molar-refractivity contribution in [3.63, 3.8) is 0 Å². The minimum Gasteiger partial charge on any atom is -0.481 e. The van der Waals surface area contributed by atoms with Crippen LogP contribution in [0.4, 0.5) is 0 Å². The topological polar surface area (TPSA) is 29.5 Å². The highest BCUT2D eigenvalue weighted by Crippen LogP contribution is 2.18. The zero-order valence-electron chi connectivity index (χ0n) is 11.3. The number of carbonyl (C=O) groups excluding carboxylic acids is 1. The average molecular weight is 235 g/mol. The van der Waals surface area contributed by atoms with E-state index in [1.54, 1.807) is 19.0 Å². The van der Waals surface area contributed by atoms with Gasteiger partial charge in [0.2, 0.25) is 0 Å². The van der Waals surface area contributed by atoms with E-state index in [1.807, 2.05) is 32.0 Å².